The summed E-state index contributed by atoms with van der Waals surface area (Å²) in [5.74, 6) is -4.45. The first-order valence-electron chi connectivity index (χ1n) is 6.90. The molecule has 1 atom stereocenters. The van der Waals surface area contributed by atoms with Crippen molar-refractivity contribution in [2.45, 2.75) is 18.9 Å². The first-order valence-corrected chi connectivity index (χ1v) is 6.90. The van der Waals surface area contributed by atoms with Gasteiger partial charge in [-0.15, -0.1) is 0 Å². The van der Waals surface area contributed by atoms with Crippen LogP contribution in [0.25, 0.3) is 0 Å². The van der Waals surface area contributed by atoms with Gasteiger partial charge in [-0.1, -0.05) is 19.2 Å². The van der Waals surface area contributed by atoms with Gasteiger partial charge in [0.1, 0.15) is 11.8 Å². The summed E-state index contributed by atoms with van der Waals surface area (Å²) in [6.45, 7) is 6.15. The summed E-state index contributed by atoms with van der Waals surface area (Å²) in [4.78, 5) is 59.3. The molecule has 0 spiro atoms. The van der Waals surface area contributed by atoms with Gasteiger partial charge in [0.05, 0.1) is 11.1 Å². The van der Waals surface area contributed by atoms with Gasteiger partial charge in [0.25, 0.3) is 11.8 Å². The van der Waals surface area contributed by atoms with Gasteiger partial charge >= 0.3 is 5.97 Å². The van der Waals surface area contributed by atoms with Crippen LogP contribution in [-0.4, -0.2) is 52.3 Å². The maximum absolute atomic E-state index is 12.5. The summed E-state index contributed by atoms with van der Waals surface area (Å²) >= 11 is 0. The molecule has 0 aromatic rings. The summed E-state index contributed by atoms with van der Waals surface area (Å²) < 4.78 is 4.86. The average Bonchev–Trinajstić information content (AvgIpc) is 2.76. The molecule has 0 aromatic carbocycles. The molecule has 24 heavy (non-hydrogen) atoms. The van der Waals surface area contributed by atoms with Crippen LogP contribution < -0.4 is 5.32 Å². The molecule has 9 nitrogen and oxygen atoms in total. The van der Waals surface area contributed by atoms with E-state index in [1.807, 2.05) is 0 Å². The molecular weight excluding hydrogens is 320 g/mol. The van der Waals surface area contributed by atoms with Crippen LogP contribution >= 0.6 is 0 Å². The predicted molar refractivity (Wildman–Crippen MR) is 78.0 cm³/mol. The Morgan fingerprint density at radius 3 is 2.54 bits per heavy atom. The van der Waals surface area contributed by atoms with Crippen molar-refractivity contribution in [2.24, 2.45) is 0 Å². The molecule has 2 N–H and O–H groups in total. The molecule has 0 bridgehead atoms. The molecule has 1 saturated heterocycles. The van der Waals surface area contributed by atoms with Crippen molar-refractivity contribution in [1.29, 1.82) is 0 Å². The van der Waals surface area contributed by atoms with Gasteiger partial charge in [0.15, 0.2) is 6.61 Å². The fourth-order valence-corrected chi connectivity index (χ4v) is 2.46. The Labute approximate surface area is 136 Å². The van der Waals surface area contributed by atoms with Crippen LogP contribution in [0, 0.1) is 0 Å². The molecule has 9 heteroatoms. The van der Waals surface area contributed by atoms with Crippen LogP contribution in [0.4, 0.5) is 0 Å². The lowest BCUT2D eigenvalue weighted by atomic mass is 10.0. The lowest BCUT2D eigenvalue weighted by molar-refractivity contribution is -0.150. The van der Waals surface area contributed by atoms with Gasteiger partial charge in [-0.05, 0) is 6.42 Å². The molecule has 0 saturated carbocycles. The highest BCUT2D eigenvalue weighted by Crippen LogP contribution is 2.30. The summed E-state index contributed by atoms with van der Waals surface area (Å²) in [5.41, 5.74) is -0.388. The van der Waals surface area contributed by atoms with Crippen molar-refractivity contribution in [3.8, 4) is 0 Å². The molecule has 2 heterocycles. The number of ether oxygens (including phenoxy) is 1. The zero-order valence-corrected chi connectivity index (χ0v) is 12.5. The summed E-state index contributed by atoms with van der Waals surface area (Å²) in [6.07, 6.45) is 1.10. The number of carbonyl (C=O) groups excluding carboxylic acids is 4. The number of aliphatic carboxylic acids is 1. The Bertz CT molecular complexity index is 719. The van der Waals surface area contributed by atoms with Crippen molar-refractivity contribution >= 4 is 29.6 Å². The Morgan fingerprint density at radius 1 is 1.33 bits per heavy atom. The third-order valence-corrected chi connectivity index (χ3v) is 3.53. The molecule has 2 aliphatic heterocycles. The molecule has 0 aromatic heterocycles. The molecule has 2 rings (SSSR count). The van der Waals surface area contributed by atoms with Crippen LogP contribution in [0.15, 0.2) is 36.1 Å². The zero-order valence-electron chi connectivity index (χ0n) is 12.5. The van der Waals surface area contributed by atoms with Crippen LogP contribution in [0.1, 0.15) is 12.8 Å². The molecule has 0 radical (unpaired) electrons. The third kappa shape index (κ3) is 2.96. The van der Waals surface area contributed by atoms with Crippen LogP contribution in [0.5, 0.6) is 0 Å². The average molecular weight is 334 g/mol. The minimum absolute atomic E-state index is 0.00229. The van der Waals surface area contributed by atoms with Crippen molar-refractivity contribution < 1.29 is 33.8 Å². The molecule has 0 aliphatic carbocycles. The van der Waals surface area contributed by atoms with Crippen LogP contribution in [0.3, 0.4) is 0 Å². The smallest absolute Gasteiger partial charge is 0.341 e. The van der Waals surface area contributed by atoms with E-state index in [-0.39, 0.29) is 29.7 Å². The van der Waals surface area contributed by atoms with E-state index < -0.39 is 42.2 Å². The molecule has 1 unspecified atom stereocenters. The summed E-state index contributed by atoms with van der Waals surface area (Å²) in [7, 11) is 0. The number of nitrogens with zero attached hydrogens (tertiary/aromatic N) is 1. The SMILES string of the molecule is C=CC1=C(C(=C)OCC(=O)O)C(=O)N(C2CCC(=O)NC2=O)C1=O. The Morgan fingerprint density at radius 2 is 2.00 bits per heavy atom. The number of imide groups is 2. The highest BCUT2D eigenvalue weighted by atomic mass is 16.5. The van der Waals surface area contributed by atoms with Crippen molar-refractivity contribution in [2.75, 3.05) is 6.61 Å². The standard InChI is InChI=1S/C15H14N2O7/c1-3-8-12(7(2)24-6-11(19)20)15(23)17(14(8)22)9-4-5-10(18)16-13(9)21/h3,9H,1-2,4-6H2,(H,19,20)(H,16,18,21). The topological polar surface area (TPSA) is 130 Å². The fourth-order valence-electron chi connectivity index (χ4n) is 2.46. The van der Waals surface area contributed by atoms with E-state index in [0.29, 0.717) is 4.90 Å². The van der Waals surface area contributed by atoms with Gasteiger partial charge in [-0.25, -0.2) is 4.79 Å². The molecule has 126 valence electrons. The number of rotatable bonds is 6. The maximum Gasteiger partial charge on any atom is 0.341 e. The molecule has 2 aliphatic rings. The number of nitrogens with one attached hydrogen (secondary N) is 1. The van der Waals surface area contributed by atoms with Gasteiger partial charge < -0.3 is 9.84 Å². The van der Waals surface area contributed by atoms with Gasteiger partial charge in [-0.3, -0.25) is 29.4 Å². The van der Waals surface area contributed by atoms with E-state index in [1.54, 1.807) is 0 Å². The van der Waals surface area contributed by atoms with E-state index in [4.69, 9.17) is 9.84 Å². The Hall–Kier alpha value is -3.23. The Balaban J connectivity index is 2.29. The molecular formula is C15H14N2O7. The first-order chi connectivity index (χ1) is 11.3. The quantitative estimate of drug-likeness (QED) is 0.483. The number of hydrogen-bond donors (Lipinski definition) is 2. The van der Waals surface area contributed by atoms with E-state index in [1.165, 1.54) is 0 Å². The van der Waals surface area contributed by atoms with Gasteiger partial charge in [0, 0.05) is 6.42 Å². The fraction of sp³-hybridized carbons (Fsp3) is 0.267. The third-order valence-electron chi connectivity index (χ3n) is 3.53. The normalized spacial score (nSPS) is 21.0. The highest BCUT2D eigenvalue weighted by Gasteiger charge is 2.46. The largest absolute Gasteiger partial charge is 0.482 e. The van der Waals surface area contributed by atoms with Crippen LogP contribution in [-0.2, 0) is 28.7 Å². The van der Waals surface area contributed by atoms with Crippen molar-refractivity contribution in [3.05, 3.63) is 36.1 Å². The molecule has 4 amide bonds. The number of piperidine rings is 1. The minimum atomic E-state index is -1.28. The second-order valence-corrected chi connectivity index (χ2v) is 5.05. The number of carbonyl (C=O) groups is 5. The number of hydrogen-bond acceptors (Lipinski definition) is 6. The second kappa shape index (κ2) is 6.49. The van der Waals surface area contributed by atoms with Gasteiger partial charge in [0.2, 0.25) is 11.8 Å². The van der Waals surface area contributed by atoms with Crippen molar-refractivity contribution in [1.82, 2.24) is 10.2 Å². The lowest BCUT2D eigenvalue weighted by Gasteiger charge is -2.28. The highest BCUT2D eigenvalue weighted by molar-refractivity contribution is 6.24. The zero-order chi connectivity index (χ0) is 18.0. The monoisotopic (exact) mass is 334 g/mol. The van der Waals surface area contributed by atoms with E-state index in [2.05, 4.69) is 18.5 Å². The maximum atomic E-state index is 12.5. The van der Waals surface area contributed by atoms with E-state index in [0.717, 1.165) is 6.08 Å². The van der Waals surface area contributed by atoms with Crippen LogP contribution in [0.2, 0.25) is 0 Å². The van der Waals surface area contributed by atoms with E-state index in [9.17, 15) is 24.0 Å². The molecule has 1 fully saturated rings. The minimum Gasteiger partial charge on any atom is -0.482 e. The lowest BCUT2D eigenvalue weighted by Crippen LogP contribution is -2.54. The van der Waals surface area contributed by atoms with Gasteiger partial charge in [-0.2, -0.15) is 0 Å². The summed E-state index contributed by atoms with van der Waals surface area (Å²) in [5, 5.41) is 10.7. The number of amides is 4. The number of carboxylic acids is 1. The Kier molecular flexibility index (Phi) is 4.63. The number of carboxylic acid groups (broad SMARTS) is 1. The summed E-state index contributed by atoms with van der Waals surface area (Å²) in [6, 6.07) is -1.14. The van der Waals surface area contributed by atoms with Crippen molar-refractivity contribution in [3.63, 3.8) is 0 Å². The second-order valence-electron chi connectivity index (χ2n) is 5.05. The predicted octanol–water partition coefficient (Wildman–Crippen LogP) is -0.742. The first kappa shape index (κ1) is 17.1. The van der Waals surface area contributed by atoms with E-state index >= 15 is 0 Å².